The first-order valence-corrected chi connectivity index (χ1v) is 9.31. The van der Waals surface area contributed by atoms with E-state index in [-0.39, 0.29) is 11.1 Å². The zero-order chi connectivity index (χ0) is 20.7. The van der Waals surface area contributed by atoms with Gasteiger partial charge in [0.05, 0.1) is 21.6 Å². The van der Waals surface area contributed by atoms with E-state index in [2.05, 4.69) is 10.4 Å². The van der Waals surface area contributed by atoms with Crippen molar-refractivity contribution in [3.8, 4) is 11.1 Å². The monoisotopic (exact) mass is 407 g/mol. The summed E-state index contributed by atoms with van der Waals surface area (Å²) < 4.78 is 0. The molecule has 1 aromatic heterocycles. The van der Waals surface area contributed by atoms with Crippen LogP contribution in [0.4, 0.5) is 0 Å². The lowest BCUT2D eigenvalue weighted by Crippen LogP contribution is -2.48. The maximum Gasteiger partial charge on any atom is 0.335 e. The zero-order valence-corrected chi connectivity index (χ0v) is 16.5. The van der Waals surface area contributed by atoms with Crippen molar-refractivity contribution >= 4 is 29.5 Å². The molecular formula is C22H18ClN3O3. The maximum atomic E-state index is 13.0. The fourth-order valence-electron chi connectivity index (χ4n) is 3.47. The molecule has 2 heterocycles. The third kappa shape index (κ3) is 3.28. The first-order valence-electron chi connectivity index (χ1n) is 8.94. The van der Waals surface area contributed by atoms with Crippen LogP contribution < -0.4 is 21.6 Å². The number of hydrazine groups is 1. The van der Waals surface area contributed by atoms with Crippen LogP contribution in [-0.2, 0) is 0 Å². The van der Waals surface area contributed by atoms with Gasteiger partial charge in [-0.1, -0.05) is 35.9 Å². The van der Waals surface area contributed by atoms with Gasteiger partial charge in [0.1, 0.15) is 0 Å². The number of carboxylic acids is 1. The minimum absolute atomic E-state index is 0.132. The van der Waals surface area contributed by atoms with Crippen LogP contribution in [0, 0.1) is 6.92 Å². The average Bonchev–Trinajstić information content (AvgIpc) is 2.69. The number of carbonyl (C=O) groups is 1. The fourth-order valence-corrected chi connectivity index (χ4v) is 3.69. The van der Waals surface area contributed by atoms with Crippen molar-refractivity contribution < 1.29 is 9.90 Å². The normalized spacial score (nSPS) is 12.8. The Hall–Kier alpha value is -3.51. The topological polar surface area (TPSA) is 85.4 Å². The van der Waals surface area contributed by atoms with E-state index in [1.807, 2.05) is 32.2 Å². The Kier molecular flexibility index (Phi) is 4.64. The molecule has 6 nitrogen and oxygen atoms in total. The number of H-pyrrole nitrogens is 1. The number of pyridine rings is 1. The quantitative estimate of drug-likeness (QED) is 0.618. The first kappa shape index (κ1) is 18.8. The lowest BCUT2D eigenvalue weighted by molar-refractivity contribution is 0.0697. The molecule has 3 aromatic rings. The Balaban J connectivity index is 2.02. The van der Waals surface area contributed by atoms with Gasteiger partial charge in [-0.2, -0.15) is 0 Å². The maximum absolute atomic E-state index is 13.0. The molecule has 0 bridgehead atoms. The summed E-state index contributed by atoms with van der Waals surface area (Å²) in [7, 11) is 1.84. The molecule has 0 fully saturated rings. The highest BCUT2D eigenvalue weighted by molar-refractivity contribution is 6.32. The molecule has 4 rings (SSSR count). The van der Waals surface area contributed by atoms with Gasteiger partial charge >= 0.3 is 5.97 Å². The van der Waals surface area contributed by atoms with Crippen LogP contribution in [0.5, 0.6) is 0 Å². The Morgan fingerprint density at radius 1 is 1.07 bits per heavy atom. The predicted molar refractivity (Wildman–Crippen MR) is 113 cm³/mol. The molecule has 0 radical (unpaired) electrons. The van der Waals surface area contributed by atoms with Crippen LogP contribution >= 0.6 is 11.6 Å². The molecule has 1 aliphatic rings. The van der Waals surface area contributed by atoms with E-state index in [4.69, 9.17) is 11.6 Å². The summed E-state index contributed by atoms with van der Waals surface area (Å²) in [6.45, 7) is 1.84. The molecular weight excluding hydrogens is 390 g/mol. The van der Waals surface area contributed by atoms with Crippen molar-refractivity contribution in [3.05, 3.63) is 91.2 Å². The highest BCUT2D eigenvalue weighted by Gasteiger charge is 2.18. The molecule has 1 aliphatic heterocycles. The summed E-state index contributed by atoms with van der Waals surface area (Å²) >= 11 is 6.39. The second kappa shape index (κ2) is 7.14. The Morgan fingerprint density at radius 3 is 2.55 bits per heavy atom. The van der Waals surface area contributed by atoms with Gasteiger partial charge in [-0.25, -0.2) is 4.79 Å². The van der Waals surface area contributed by atoms with E-state index in [0.717, 1.165) is 22.0 Å². The smallest absolute Gasteiger partial charge is 0.335 e. The van der Waals surface area contributed by atoms with Crippen LogP contribution in [0.3, 0.4) is 0 Å². The molecule has 3 N–H and O–H groups in total. The number of hydrogen-bond donors (Lipinski definition) is 3. The van der Waals surface area contributed by atoms with Gasteiger partial charge in [-0.15, -0.1) is 0 Å². The molecule has 0 saturated carbocycles. The molecule has 7 heteroatoms. The lowest BCUT2D eigenvalue weighted by atomic mass is 9.98. The zero-order valence-electron chi connectivity index (χ0n) is 15.8. The number of fused-ring (bicyclic) bond motifs is 1. The highest BCUT2D eigenvalue weighted by atomic mass is 35.5. The molecule has 0 saturated heterocycles. The second-order valence-corrected chi connectivity index (χ2v) is 7.25. The number of carboxylic acid groups (broad SMARTS) is 1. The standard InChI is InChI=1S/C22H18ClN3O3/c1-12-7-8-13(22(28)29)9-16(12)17-10-14-11-24-26(2)20(19(14)25-21(17)27)15-5-3-4-6-18(15)23/h3-11,24H,1-2H3,(H,25,27)(H,28,29). The van der Waals surface area contributed by atoms with E-state index >= 15 is 0 Å². The molecule has 0 spiro atoms. The van der Waals surface area contributed by atoms with Gasteiger partial charge < -0.3 is 15.5 Å². The van der Waals surface area contributed by atoms with Crippen LogP contribution in [0.1, 0.15) is 21.5 Å². The van der Waals surface area contributed by atoms with Crippen molar-refractivity contribution in [2.75, 3.05) is 7.05 Å². The molecule has 2 aromatic carbocycles. The second-order valence-electron chi connectivity index (χ2n) is 6.84. The first-order chi connectivity index (χ1) is 13.9. The number of nitrogens with zero attached hydrogens (tertiary/aromatic N) is 1. The van der Waals surface area contributed by atoms with E-state index in [1.54, 1.807) is 29.4 Å². The van der Waals surface area contributed by atoms with Crippen molar-refractivity contribution in [1.82, 2.24) is 15.4 Å². The van der Waals surface area contributed by atoms with Gasteiger partial charge in [0.2, 0.25) is 0 Å². The summed E-state index contributed by atoms with van der Waals surface area (Å²) in [5.74, 6) is -1.04. The lowest BCUT2D eigenvalue weighted by Gasteiger charge is -2.26. The Bertz CT molecular complexity index is 1330. The number of aryl methyl sites for hydroxylation is 1. The number of aromatic nitrogens is 1. The molecule has 29 heavy (non-hydrogen) atoms. The van der Waals surface area contributed by atoms with Crippen LogP contribution in [-0.4, -0.2) is 28.1 Å². The van der Waals surface area contributed by atoms with Gasteiger partial charge in [-0.05, 0) is 42.3 Å². The number of aromatic amines is 1. The number of nitrogens with one attached hydrogen (secondary N) is 2. The molecule has 0 atom stereocenters. The van der Waals surface area contributed by atoms with E-state index in [9.17, 15) is 14.7 Å². The van der Waals surface area contributed by atoms with Crippen molar-refractivity contribution in [2.24, 2.45) is 0 Å². The van der Waals surface area contributed by atoms with Gasteiger partial charge in [-0.3, -0.25) is 9.80 Å². The van der Waals surface area contributed by atoms with Gasteiger partial charge in [0.25, 0.3) is 5.56 Å². The number of hydrogen-bond acceptors (Lipinski definition) is 4. The number of aromatic carboxylic acids is 1. The number of rotatable bonds is 3. The third-order valence-corrected chi connectivity index (χ3v) is 5.29. The minimum atomic E-state index is -1.04. The summed E-state index contributed by atoms with van der Waals surface area (Å²) in [5, 5.41) is 13.1. The van der Waals surface area contributed by atoms with E-state index < -0.39 is 5.97 Å². The Morgan fingerprint density at radius 2 is 1.83 bits per heavy atom. The summed E-state index contributed by atoms with van der Waals surface area (Å²) in [4.78, 5) is 27.3. The van der Waals surface area contributed by atoms with Gasteiger partial charge in [0, 0.05) is 29.6 Å². The van der Waals surface area contributed by atoms with Crippen molar-refractivity contribution in [1.29, 1.82) is 0 Å². The summed E-state index contributed by atoms with van der Waals surface area (Å²) in [6.07, 6.45) is 1.78. The van der Waals surface area contributed by atoms with E-state index in [0.29, 0.717) is 21.5 Å². The molecule has 146 valence electrons. The van der Waals surface area contributed by atoms with Crippen LogP contribution in [0.15, 0.2) is 53.3 Å². The minimum Gasteiger partial charge on any atom is -0.478 e. The van der Waals surface area contributed by atoms with E-state index in [1.165, 1.54) is 12.1 Å². The van der Waals surface area contributed by atoms with Crippen LogP contribution in [0.25, 0.3) is 23.0 Å². The Labute approximate surface area is 171 Å². The van der Waals surface area contributed by atoms with Gasteiger partial charge in [0.15, 0.2) is 0 Å². The van der Waals surface area contributed by atoms with Crippen molar-refractivity contribution in [3.63, 3.8) is 0 Å². The SMILES string of the molecule is Cc1ccc(C(=O)O)cc1-c1cc2c([nH]c1=O)=C(c1ccccc1Cl)N(C)NC=2. The number of halogens is 1. The van der Waals surface area contributed by atoms with Crippen molar-refractivity contribution in [2.45, 2.75) is 6.92 Å². The predicted octanol–water partition coefficient (Wildman–Crippen LogP) is 2.05. The average molecular weight is 408 g/mol. The number of benzene rings is 2. The van der Waals surface area contributed by atoms with Crippen LogP contribution in [0.2, 0.25) is 5.02 Å². The fraction of sp³-hybridized carbons (Fsp3) is 0.0909. The molecule has 0 unspecified atom stereocenters. The largest absolute Gasteiger partial charge is 0.478 e. The summed E-state index contributed by atoms with van der Waals surface area (Å²) in [6, 6.07) is 13.9. The summed E-state index contributed by atoms with van der Waals surface area (Å²) in [5.41, 5.74) is 6.32. The third-order valence-electron chi connectivity index (χ3n) is 4.96. The highest BCUT2D eigenvalue weighted by Crippen LogP contribution is 2.24. The molecule has 0 aliphatic carbocycles. The molecule has 0 amide bonds.